The molecule has 0 spiro atoms. The second-order valence-electron chi connectivity index (χ2n) is 7.44. The molecule has 1 saturated heterocycles. The predicted molar refractivity (Wildman–Crippen MR) is 118 cm³/mol. The van der Waals surface area contributed by atoms with Crippen LogP contribution in [0.5, 0.6) is 17.2 Å². The molecule has 3 rings (SSSR count). The number of methoxy groups -OCH3 is 1. The van der Waals surface area contributed by atoms with Gasteiger partial charge >= 0.3 is 0 Å². The molecule has 1 aliphatic heterocycles. The van der Waals surface area contributed by atoms with Crippen LogP contribution in [0.3, 0.4) is 0 Å². The largest absolute Gasteiger partial charge is 0.497 e. The number of ether oxygens (including phenoxy) is 3. The maximum absolute atomic E-state index is 12.4. The Bertz CT molecular complexity index is 843. The van der Waals surface area contributed by atoms with Crippen LogP contribution in [-0.4, -0.2) is 56.2 Å². The van der Waals surface area contributed by atoms with Gasteiger partial charge in [0, 0.05) is 19.1 Å². The van der Waals surface area contributed by atoms with Crippen LogP contribution in [0.1, 0.15) is 25.3 Å². The molecule has 166 valence electrons. The molecule has 0 aromatic heterocycles. The summed E-state index contributed by atoms with van der Waals surface area (Å²) in [7, 11) is 1.62. The smallest absolute Gasteiger partial charge is 0.260 e. The Labute approximate surface area is 183 Å². The van der Waals surface area contributed by atoms with Gasteiger partial charge in [-0.1, -0.05) is 12.1 Å². The Morgan fingerprint density at radius 3 is 2.10 bits per heavy atom. The quantitative estimate of drug-likeness (QED) is 0.667. The first-order chi connectivity index (χ1) is 15.1. The molecule has 7 nitrogen and oxygen atoms in total. The third-order valence-corrected chi connectivity index (χ3v) is 5.23. The normalized spacial score (nSPS) is 14.1. The van der Waals surface area contributed by atoms with E-state index in [1.807, 2.05) is 43.3 Å². The molecule has 2 amide bonds. The molecule has 0 atom stereocenters. The van der Waals surface area contributed by atoms with Crippen molar-refractivity contribution in [1.82, 2.24) is 10.2 Å². The van der Waals surface area contributed by atoms with E-state index in [1.54, 1.807) is 24.1 Å². The molecule has 1 fully saturated rings. The number of rotatable bonds is 9. The van der Waals surface area contributed by atoms with E-state index in [0.717, 1.165) is 29.9 Å². The SMILES string of the molecule is CCOc1ccc(OCC(=O)N2CCC(NC(=O)Cc3ccc(OC)cc3)CC2)cc1. The standard InChI is InChI=1S/C24H30N2O5/c1-3-30-21-8-10-22(11-9-21)31-17-24(28)26-14-12-19(13-15-26)25-23(27)16-18-4-6-20(29-2)7-5-18/h4-11,19H,3,12-17H2,1-2H3,(H,25,27). The maximum atomic E-state index is 12.4. The summed E-state index contributed by atoms with van der Waals surface area (Å²) in [6, 6.07) is 14.8. The molecule has 0 radical (unpaired) electrons. The summed E-state index contributed by atoms with van der Waals surface area (Å²) in [5, 5.41) is 3.08. The Morgan fingerprint density at radius 1 is 0.935 bits per heavy atom. The number of piperidine rings is 1. The third kappa shape index (κ3) is 6.91. The summed E-state index contributed by atoms with van der Waals surface area (Å²) in [6.07, 6.45) is 1.81. The van der Waals surface area contributed by atoms with Crippen LogP contribution in [-0.2, 0) is 16.0 Å². The first-order valence-electron chi connectivity index (χ1n) is 10.6. The van der Waals surface area contributed by atoms with Crippen molar-refractivity contribution in [3.05, 3.63) is 54.1 Å². The molecule has 0 aliphatic carbocycles. The van der Waals surface area contributed by atoms with Crippen molar-refractivity contribution >= 4 is 11.8 Å². The minimum absolute atomic E-state index is 0.00246. The van der Waals surface area contributed by atoms with Crippen molar-refractivity contribution in [3.63, 3.8) is 0 Å². The van der Waals surface area contributed by atoms with Crippen molar-refractivity contribution in [2.45, 2.75) is 32.2 Å². The highest BCUT2D eigenvalue weighted by molar-refractivity contribution is 5.79. The molecule has 0 unspecified atom stereocenters. The van der Waals surface area contributed by atoms with Crippen LogP contribution in [0.4, 0.5) is 0 Å². The lowest BCUT2D eigenvalue weighted by Crippen LogP contribution is -2.48. The topological polar surface area (TPSA) is 77.1 Å². The number of hydrogen-bond donors (Lipinski definition) is 1. The minimum atomic E-state index is -0.0445. The van der Waals surface area contributed by atoms with Crippen molar-refractivity contribution in [1.29, 1.82) is 0 Å². The van der Waals surface area contributed by atoms with E-state index < -0.39 is 0 Å². The van der Waals surface area contributed by atoms with E-state index >= 15 is 0 Å². The Balaban J connectivity index is 1.37. The molecule has 1 aliphatic rings. The van der Waals surface area contributed by atoms with E-state index in [1.165, 1.54) is 0 Å². The average molecular weight is 427 g/mol. The molecule has 2 aromatic rings. The lowest BCUT2D eigenvalue weighted by atomic mass is 10.0. The van der Waals surface area contributed by atoms with Gasteiger partial charge in [-0.25, -0.2) is 0 Å². The maximum Gasteiger partial charge on any atom is 0.260 e. The summed E-state index contributed by atoms with van der Waals surface area (Å²) >= 11 is 0. The molecule has 0 bridgehead atoms. The predicted octanol–water partition coefficient (Wildman–Crippen LogP) is 2.82. The first-order valence-corrected chi connectivity index (χ1v) is 10.6. The highest BCUT2D eigenvalue weighted by Gasteiger charge is 2.24. The van der Waals surface area contributed by atoms with Crippen LogP contribution in [0.2, 0.25) is 0 Å². The Morgan fingerprint density at radius 2 is 1.52 bits per heavy atom. The van der Waals surface area contributed by atoms with Crippen molar-refractivity contribution in [2.24, 2.45) is 0 Å². The monoisotopic (exact) mass is 426 g/mol. The summed E-state index contributed by atoms with van der Waals surface area (Å²) in [4.78, 5) is 26.6. The number of hydrogen-bond acceptors (Lipinski definition) is 5. The van der Waals surface area contributed by atoms with Gasteiger partial charge in [-0.2, -0.15) is 0 Å². The zero-order valence-electron chi connectivity index (χ0n) is 18.1. The average Bonchev–Trinajstić information content (AvgIpc) is 2.79. The Kier molecular flexibility index (Phi) is 8.15. The summed E-state index contributed by atoms with van der Waals surface area (Å²) in [6.45, 7) is 3.76. The third-order valence-electron chi connectivity index (χ3n) is 5.23. The van der Waals surface area contributed by atoms with Crippen molar-refractivity contribution in [2.75, 3.05) is 33.4 Å². The van der Waals surface area contributed by atoms with Gasteiger partial charge in [0.25, 0.3) is 5.91 Å². The fourth-order valence-electron chi connectivity index (χ4n) is 3.52. The Hall–Kier alpha value is -3.22. The zero-order valence-corrected chi connectivity index (χ0v) is 18.1. The van der Waals surface area contributed by atoms with Crippen LogP contribution in [0.15, 0.2) is 48.5 Å². The summed E-state index contributed by atoms with van der Waals surface area (Å²) in [5.41, 5.74) is 0.942. The van der Waals surface area contributed by atoms with E-state index in [2.05, 4.69) is 5.32 Å². The second kappa shape index (κ2) is 11.2. The van der Waals surface area contributed by atoms with Crippen LogP contribution in [0.25, 0.3) is 0 Å². The summed E-state index contributed by atoms with van der Waals surface area (Å²) < 4.78 is 16.1. The van der Waals surface area contributed by atoms with Crippen molar-refractivity contribution < 1.29 is 23.8 Å². The van der Waals surface area contributed by atoms with Crippen molar-refractivity contribution in [3.8, 4) is 17.2 Å². The van der Waals surface area contributed by atoms with Gasteiger partial charge in [0.2, 0.25) is 5.91 Å². The van der Waals surface area contributed by atoms with Crippen LogP contribution in [0, 0.1) is 0 Å². The number of benzene rings is 2. The highest BCUT2D eigenvalue weighted by Crippen LogP contribution is 2.18. The molecular formula is C24H30N2O5. The van der Waals surface area contributed by atoms with Gasteiger partial charge in [-0.05, 0) is 61.7 Å². The number of likely N-dealkylation sites (tertiary alicyclic amines) is 1. The molecule has 2 aromatic carbocycles. The number of nitrogens with zero attached hydrogens (tertiary/aromatic N) is 1. The van der Waals surface area contributed by atoms with Gasteiger partial charge < -0.3 is 24.4 Å². The number of amides is 2. The molecule has 7 heteroatoms. The molecular weight excluding hydrogens is 396 g/mol. The highest BCUT2D eigenvalue weighted by atomic mass is 16.5. The lowest BCUT2D eigenvalue weighted by molar-refractivity contribution is -0.134. The molecule has 1 N–H and O–H groups in total. The summed E-state index contributed by atoms with van der Waals surface area (Å²) in [5.74, 6) is 2.13. The van der Waals surface area contributed by atoms with Gasteiger partial charge in [0.1, 0.15) is 17.2 Å². The van der Waals surface area contributed by atoms with Gasteiger partial charge in [0.15, 0.2) is 6.61 Å². The number of nitrogens with one attached hydrogen (secondary N) is 1. The molecule has 1 heterocycles. The van der Waals surface area contributed by atoms with Crippen LogP contribution >= 0.6 is 0 Å². The zero-order chi connectivity index (χ0) is 22.1. The second-order valence-corrected chi connectivity index (χ2v) is 7.44. The van der Waals surface area contributed by atoms with Gasteiger partial charge in [-0.15, -0.1) is 0 Å². The minimum Gasteiger partial charge on any atom is -0.497 e. The van der Waals surface area contributed by atoms with Gasteiger partial charge in [-0.3, -0.25) is 9.59 Å². The van der Waals surface area contributed by atoms with E-state index in [-0.39, 0.29) is 24.5 Å². The van der Waals surface area contributed by atoms with Crippen LogP contribution < -0.4 is 19.5 Å². The van der Waals surface area contributed by atoms with E-state index in [4.69, 9.17) is 14.2 Å². The van der Waals surface area contributed by atoms with E-state index in [9.17, 15) is 9.59 Å². The lowest BCUT2D eigenvalue weighted by Gasteiger charge is -2.32. The molecule has 0 saturated carbocycles. The fourth-order valence-corrected chi connectivity index (χ4v) is 3.52. The van der Waals surface area contributed by atoms with Gasteiger partial charge in [0.05, 0.1) is 20.1 Å². The number of carbonyl (C=O) groups is 2. The van der Waals surface area contributed by atoms with E-state index in [0.29, 0.717) is 31.9 Å². The molecule has 31 heavy (non-hydrogen) atoms. The number of carbonyl (C=O) groups excluding carboxylic acids is 2. The first kappa shape index (κ1) is 22.5. The fraction of sp³-hybridized carbons (Fsp3) is 0.417.